The van der Waals surface area contributed by atoms with Gasteiger partial charge in [0.25, 0.3) is 0 Å². The average Bonchev–Trinajstić information content (AvgIpc) is 2.67. The first-order valence-corrected chi connectivity index (χ1v) is 10.5. The molecule has 0 bridgehead atoms. The van der Waals surface area contributed by atoms with Crippen molar-refractivity contribution in [3.05, 3.63) is 0 Å². The first kappa shape index (κ1) is 24.9. The molecule has 0 aromatic heterocycles. The SMILES string of the molecule is CN=C(NCC(C)CN1CCCCC1)N1CCC(OCCCOC)CC1.I. The number of piperidine rings is 2. The highest BCUT2D eigenvalue weighted by atomic mass is 127. The maximum atomic E-state index is 5.96. The van der Waals surface area contributed by atoms with E-state index in [0.717, 1.165) is 58.1 Å². The van der Waals surface area contributed by atoms with Crippen LogP contribution in [-0.4, -0.2) is 88.5 Å². The van der Waals surface area contributed by atoms with Crippen LogP contribution in [0.4, 0.5) is 0 Å². The van der Waals surface area contributed by atoms with Crippen LogP contribution in [0.1, 0.15) is 45.4 Å². The van der Waals surface area contributed by atoms with Crippen LogP contribution in [0.15, 0.2) is 4.99 Å². The van der Waals surface area contributed by atoms with Gasteiger partial charge in [0.1, 0.15) is 0 Å². The number of nitrogens with zero attached hydrogens (tertiary/aromatic N) is 3. The first-order valence-electron chi connectivity index (χ1n) is 10.5. The van der Waals surface area contributed by atoms with E-state index in [9.17, 15) is 0 Å². The third-order valence-corrected chi connectivity index (χ3v) is 5.43. The summed E-state index contributed by atoms with van der Waals surface area (Å²) in [5.41, 5.74) is 0. The first-order chi connectivity index (χ1) is 12.7. The highest BCUT2D eigenvalue weighted by Gasteiger charge is 2.22. The van der Waals surface area contributed by atoms with Crippen LogP contribution in [0.3, 0.4) is 0 Å². The Labute approximate surface area is 183 Å². The van der Waals surface area contributed by atoms with Gasteiger partial charge in [-0.15, -0.1) is 24.0 Å². The molecule has 2 heterocycles. The summed E-state index contributed by atoms with van der Waals surface area (Å²) in [7, 11) is 3.63. The summed E-state index contributed by atoms with van der Waals surface area (Å²) < 4.78 is 11.0. The van der Waals surface area contributed by atoms with Crippen molar-refractivity contribution in [3.63, 3.8) is 0 Å². The van der Waals surface area contributed by atoms with Gasteiger partial charge in [-0.2, -0.15) is 0 Å². The minimum atomic E-state index is 0. The molecule has 0 aromatic rings. The zero-order valence-electron chi connectivity index (χ0n) is 17.6. The second-order valence-corrected chi connectivity index (χ2v) is 7.80. The van der Waals surface area contributed by atoms with Gasteiger partial charge in [0.05, 0.1) is 6.10 Å². The topological polar surface area (TPSA) is 49.3 Å². The van der Waals surface area contributed by atoms with Crippen LogP contribution in [0.2, 0.25) is 0 Å². The zero-order chi connectivity index (χ0) is 18.6. The number of rotatable bonds is 9. The summed E-state index contributed by atoms with van der Waals surface area (Å²) in [6.07, 6.45) is 7.67. The Bertz CT molecular complexity index is 397. The van der Waals surface area contributed by atoms with Crippen molar-refractivity contribution in [3.8, 4) is 0 Å². The average molecular weight is 496 g/mol. The van der Waals surface area contributed by atoms with E-state index in [1.54, 1.807) is 7.11 Å². The molecule has 2 rings (SSSR count). The van der Waals surface area contributed by atoms with Crippen molar-refractivity contribution < 1.29 is 9.47 Å². The van der Waals surface area contributed by atoms with Gasteiger partial charge < -0.3 is 24.6 Å². The zero-order valence-corrected chi connectivity index (χ0v) is 20.0. The van der Waals surface area contributed by atoms with Gasteiger partial charge in [-0.1, -0.05) is 13.3 Å². The second kappa shape index (κ2) is 14.8. The fourth-order valence-electron chi connectivity index (χ4n) is 3.93. The molecule has 0 aliphatic carbocycles. The standard InChI is InChI=1S/C20H40N4O2.HI/c1-18(17-23-10-5-4-6-11-23)16-22-20(21-2)24-12-8-19(9-13-24)26-15-7-14-25-3;/h18-19H,4-17H2,1-3H3,(H,21,22);1H. The van der Waals surface area contributed by atoms with Gasteiger partial charge in [-0.25, -0.2) is 0 Å². The van der Waals surface area contributed by atoms with E-state index in [4.69, 9.17) is 9.47 Å². The van der Waals surface area contributed by atoms with Crippen molar-refractivity contribution >= 4 is 29.9 Å². The molecule has 2 aliphatic heterocycles. The monoisotopic (exact) mass is 496 g/mol. The van der Waals surface area contributed by atoms with Crippen LogP contribution in [0.25, 0.3) is 0 Å². The van der Waals surface area contributed by atoms with Gasteiger partial charge in [-0.3, -0.25) is 4.99 Å². The number of aliphatic imine (C=N–C) groups is 1. The lowest BCUT2D eigenvalue weighted by molar-refractivity contribution is 0.00987. The Morgan fingerprint density at radius 1 is 1.11 bits per heavy atom. The lowest BCUT2D eigenvalue weighted by atomic mass is 10.1. The van der Waals surface area contributed by atoms with Crippen molar-refractivity contribution in [1.82, 2.24) is 15.1 Å². The molecule has 7 heteroatoms. The molecular weight excluding hydrogens is 455 g/mol. The molecular formula is C20H41IN4O2. The number of hydrogen-bond acceptors (Lipinski definition) is 4. The number of halogens is 1. The Morgan fingerprint density at radius 3 is 2.44 bits per heavy atom. The van der Waals surface area contributed by atoms with Crippen molar-refractivity contribution in [2.75, 3.05) is 66.6 Å². The van der Waals surface area contributed by atoms with Crippen LogP contribution < -0.4 is 5.32 Å². The summed E-state index contributed by atoms with van der Waals surface area (Å²) in [5.74, 6) is 1.69. The van der Waals surface area contributed by atoms with E-state index >= 15 is 0 Å². The van der Waals surface area contributed by atoms with Gasteiger partial charge in [0.2, 0.25) is 0 Å². The minimum absolute atomic E-state index is 0. The minimum Gasteiger partial charge on any atom is -0.385 e. The van der Waals surface area contributed by atoms with Gasteiger partial charge in [0, 0.05) is 53.6 Å². The lowest BCUT2D eigenvalue weighted by Gasteiger charge is -2.35. The van der Waals surface area contributed by atoms with Crippen LogP contribution in [0.5, 0.6) is 0 Å². The third-order valence-electron chi connectivity index (χ3n) is 5.43. The van der Waals surface area contributed by atoms with Gasteiger partial charge >= 0.3 is 0 Å². The maximum Gasteiger partial charge on any atom is 0.193 e. The van der Waals surface area contributed by atoms with E-state index in [1.807, 2.05) is 7.05 Å². The number of nitrogens with one attached hydrogen (secondary N) is 1. The summed E-state index contributed by atoms with van der Waals surface area (Å²) in [6.45, 7) is 10.7. The molecule has 2 fully saturated rings. The fraction of sp³-hybridized carbons (Fsp3) is 0.950. The molecule has 160 valence electrons. The Morgan fingerprint density at radius 2 is 1.81 bits per heavy atom. The Hall–Kier alpha value is -0.120. The summed E-state index contributed by atoms with van der Waals surface area (Å²) in [6, 6.07) is 0. The maximum absolute atomic E-state index is 5.96. The largest absolute Gasteiger partial charge is 0.385 e. The quantitative estimate of drug-likeness (QED) is 0.230. The van der Waals surface area contributed by atoms with Crippen LogP contribution in [0, 0.1) is 5.92 Å². The molecule has 0 aromatic carbocycles. The summed E-state index contributed by atoms with van der Waals surface area (Å²) in [4.78, 5) is 9.50. The predicted molar refractivity (Wildman–Crippen MR) is 123 cm³/mol. The second-order valence-electron chi connectivity index (χ2n) is 7.80. The molecule has 6 nitrogen and oxygen atoms in total. The highest BCUT2D eigenvalue weighted by Crippen LogP contribution is 2.15. The summed E-state index contributed by atoms with van der Waals surface area (Å²) in [5, 5.41) is 3.60. The van der Waals surface area contributed by atoms with E-state index < -0.39 is 0 Å². The van der Waals surface area contributed by atoms with Crippen LogP contribution >= 0.6 is 24.0 Å². The van der Waals surface area contributed by atoms with Gasteiger partial charge in [-0.05, 0) is 51.1 Å². The van der Waals surface area contributed by atoms with Crippen LogP contribution in [-0.2, 0) is 9.47 Å². The number of guanidine groups is 1. The van der Waals surface area contributed by atoms with Crippen molar-refractivity contribution in [2.45, 2.75) is 51.6 Å². The fourth-order valence-corrected chi connectivity index (χ4v) is 3.93. The van der Waals surface area contributed by atoms with E-state index in [0.29, 0.717) is 12.0 Å². The lowest BCUT2D eigenvalue weighted by Crippen LogP contribution is -2.48. The molecule has 27 heavy (non-hydrogen) atoms. The van der Waals surface area contributed by atoms with E-state index in [-0.39, 0.29) is 24.0 Å². The molecule has 1 N–H and O–H groups in total. The highest BCUT2D eigenvalue weighted by molar-refractivity contribution is 14.0. The smallest absolute Gasteiger partial charge is 0.193 e. The molecule has 0 radical (unpaired) electrons. The summed E-state index contributed by atoms with van der Waals surface area (Å²) >= 11 is 0. The molecule has 1 unspecified atom stereocenters. The van der Waals surface area contributed by atoms with Crippen molar-refractivity contribution in [1.29, 1.82) is 0 Å². The molecule has 1 atom stereocenters. The molecule has 0 amide bonds. The number of methoxy groups -OCH3 is 1. The molecule has 0 saturated carbocycles. The number of ether oxygens (including phenoxy) is 2. The molecule has 2 saturated heterocycles. The normalized spacial score (nSPS) is 21.0. The number of likely N-dealkylation sites (tertiary alicyclic amines) is 2. The predicted octanol–water partition coefficient (Wildman–Crippen LogP) is 2.82. The third kappa shape index (κ3) is 9.76. The van der Waals surface area contributed by atoms with Crippen molar-refractivity contribution in [2.24, 2.45) is 10.9 Å². The van der Waals surface area contributed by atoms with Gasteiger partial charge in [0.15, 0.2) is 5.96 Å². The molecule has 2 aliphatic rings. The molecule has 0 spiro atoms. The Kier molecular flexibility index (Phi) is 13.7. The van der Waals surface area contributed by atoms with E-state index in [2.05, 4.69) is 27.0 Å². The van der Waals surface area contributed by atoms with E-state index in [1.165, 1.54) is 38.9 Å². The number of hydrogen-bond donors (Lipinski definition) is 1. The Balaban J connectivity index is 0.00000364.